The average molecular weight is 358 g/mol. The monoisotopic (exact) mass is 358 g/mol. The first-order chi connectivity index (χ1) is 11.9. The highest BCUT2D eigenvalue weighted by Crippen LogP contribution is 2.09. The van der Waals surface area contributed by atoms with E-state index in [1.807, 2.05) is 27.7 Å². The fourth-order valence-electron chi connectivity index (χ4n) is 1.98. The standard InChI is InChI=1S/C18H34N2O5/c1-6-9-11-24-17(22)14(5)19-16(21)15(13(4)8-3)20-18(23)25-12-10-7-2/h13-15H,6-12H2,1-5H3,(H,19,21)(H,20,23). The van der Waals surface area contributed by atoms with Gasteiger partial charge in [-0.15, -0.1) is 0 Å². The highest BCUT2D eigenvalue weighted by molar-refractivity contribution is 5.89. The zero-order chi connectivity index (χ0) is 19.2. The van der Waals surface area contributed by atoms with Crippen LogP contribution in [0.5, 0.6) is 0 Å². The number of hydrogen-bond acceptors (Lipinski definition) is 5. The highest BCUT2D eigenvalue weighted by atomic mass is 16.5. The smallest absolute Gasteiger partial charge is 0.407 e. The average Bonchev–Trinajstić information content (AvgIpc) is 2.59. The zero-order valence-electron chi connectivity index (χ0n) is 16.2. The summed E-state index contributed by atoms with van der Waals surface area (Å²) in [6.07, 6.45) is 3.48. The van der Waals surface area contributed by atoms with Crippen LogP contribution in [0.4, 0.5) is 4.79 Å². The van der Waals surface area contributed by atoms with Crippen LogP contribution < -0.4 is 10.6 Å². The van der Waals surface area contributed by atoms with Gasteiger partial charge in [0.1, 0.15) is 12.1 Å². The van der Waals surface area contributed by atoms with E-state index in [1.165, 1.54) is 0 Å². The molecule has 2 N–H and O–H groups in total. The molecule has 0 aromatic carbocycles. The number of nitrogens with one attached hydrogen (secondary N) is 2. The molecule has 0 aliphatic heterocycles. The van der Waals surface area contributed by atoms with Crippen molar-refractivity contribution in [2.75, 3.05) is 13.2 Å². The van der Waals surface area contributed by atoms with E-state index in [2.05, 4.69) is 10.6 Å². The Morgan fingerprint density at radius 3 is 1.96 bits per heavy atom. The van der Waals surface area contributed by atoms with Crippen molar-refractivity contribution in [3.05, 3.63) is 0 Å². The first-order valence-corrected chi connectivity index (χ1v) is 9.27. The summed E-state index contributed by atoms with van der Waals surface area (Å²) in [5.41, 5.74) is 0. The number of carbonyl (C=O) groups is 3. The van der Waals surface area contributed by atoms with E-state index in [9.17, 15) is 14.4 Å². The van der Waals surface area contributed by atoms with Crippen LogP contribution in [0.2, 0.25) is 0 Å². The van der Waals surface area contributed by atoms with Crippen molar-refractivity contribution in [1.82, 2.24) is 10.6 Å². The van der Waals surface area contributed by atoms with E-state index < -0.39 is 30.1 Å². The van der Waals surface area contributed by atoms with Crippen LogP contribution in [0, 0.1) is 5.92 Å². The van der Waals surface area contributed by atoms with E-state index in [4.69, 9.17) is 9.47 Å². The van der Waals surface area contributed by atoms with Crippen LogP contribution in [0.1, 0.15) is 66.7 Å². The summed E-state index contributed by atoms with van der Waals surface area (Å²) >= 11 is 0. The van der Waals surface area contributed by atoms with Gasteiger partial charge in [0.2, 0.25) is 5.91 Å². The Hall–Kier alpha value is -1.79. The molecule has 0 fully saturated rings. The van der Waals surface area contributed by atoms with Gasteiger partial charge < -0.3 is 20.1 Å². The highest BCUT2D eigenvalue weighted by Gasteiger charge is 2.29. The van der Waals surface area contributed by atoms with Gasteiger partial charge >= 0.3 is 12.1 Å². The summed E-state index contributed by atoms with van der Waals surface area (Å²) in [6.45, 7) is 10.0. The molecule has 7 heteroatoms. The Morgan fingerprint density at radius 2 is 1.44 bits per heavy atom. The number of ether oxygens (including phenoxy) is 2. The Kier molecular flexibility index (Phi) is 12.5. The molecule has 0 spiro atoms. The molecule has 0 aliphatic rings. The van der Waals surface area contributed by atoms with Crippen LogP contribution in [0.25, 0.3) is 0 Å². The second kappa shape index (κ2) is 13.5. The number of hydrogen-bond donors (Lipinski definition) is 2. The molecule has 2 amide bonds. The molecule has 0 aromatic rings. The largest absolute Gasteiger partial charge is 0.464 e. The molecule has 3 atom stereocenters. The van der Waals surface area contributed by atoms with Crippen LogP contribution in [0.15, 0.2) is 0 Å². The normalized spacial score (nSPS) is 14.1. The van der Waals surface area contributed by atoms with Crippen LogP contribution in [-0.4, -0.2) is 43.3 Å². The maximum atomic E-state index is 12.5. The summed E-state index contributed by atoms with van der Waals surface area (Å²) in [6, 6.07) is -1.53. The fraction of sp³-hybridized carbons (Fsp3) is 0.833. The minimum Gasteiger partial charge on any atom is -0.464 e. The van der Waals surface area contributed by atoms with Gasteiger partial charge in [0.25, 0.3) is 0 Å². The Balaban J connectivity index is 4.62. The van der Waals surface area contributed by atoms with E-state index >= 15 is 0 Å². The van der Waals surface area contributed by atoms with Crippen LogP contribution in [0.3, 0.4) is 0 Å². The van der Waals surface area contributed by atoms with E-state index in [0.717, 1.165) is 25.7 Å². The van der Waals surface area contributed by atoms with Gasteiger partial charge in [-0.05, 0) is 25.7 Å². The molecule has 0 saturated carbocycles. The van der Waals surface area contributed by atoms with Crippen LogP contribution >= 0.6 is 0 Å². The lowest BCUT2D eigenvalue weighted by Gasteiger charge is -2.24. The van der Waals surface area contributed by atoms with E-state index in [0.29, 0.717) is 19.6 Å². The number of esters is 1. The number of rotatable bonds is 12. The molecule has 3 unspecified atom stereocenters. The lowest BCUT2D eigenvalue weighted by Crippen LogP contribution is -2.53. The Bertz CT molecular complexity index is 414. The summed E-state index contributed by atoms with van der Waals surface area (Å²) in [5, 5.41) is 5.21. The molecule has 0 aromatic heterocycles. The van der Waals surface area contributed by atoms with E-state index in [-0.39, 0.29) is 5.92 Å². The lowest BCUT2D eigenvalue weighted by molar-refractivity contribution is -0.147. The van der Waals surface area contributed by atoms with Crippen molar-refractivity contribution >= 4 is 18.0 Å². The quantitative estimate of drug-likeness (QED) is 0.413. The minimum absolute atomic E-state index is 0.0953. The molecule has 0 aliphatic carbocycles. The topological polar surface area (TPSA) is 93.7 Å². The molecule has 0 bridgehead atoms. The van der Waals surface area contributed by atoms with Crippen molar-refractivity contribution in [2.24, 2.45) is 5.92 Å². The first-order valence-electron chi connectivity index (χ1n) is 9.27. The molecule has 7 nitrogen and oxygen atoms in total. The first kappa shape index (κ1) is 23.2. The van der Waals surface area contributed by atoms with Gasteiger partial charge in [-0.25, -0.2) is 9.59 Å². The molecular formula is C18H34N2O5. The predicted octanol–water partition coefficient (Wildman–Crippen LogP) is 2.78. The van der Waals surface area contributed by atoms with Gasteiger partial charge in [-0.1, -0.05) is 47.0 Å². The van der Waals surface area contributed by atoms with Crippen molar-refractivity contribution in [3.63, 3.8) is 0 Å². The van der Waals surface area contributed by atoms with Crippen LogP contribution in [-0.2, 0) is 19.1 Å². The third-order valence-corrected chi connectivity index (χ3v) is 3.95. The van der Waals surface area contributed by atoms with Crippen molar-refractivity contribution in [1.29, 1.82) is 0 Å². The fourth-order valence-corrected chi connectivity index (χ4v) is 1.98. The molecule has 0 radical (unpaired) electrons. The number of carbonyl (C=O) groups excluding carboxylic acids is 3. The molecule has 0 saturated heterocycles. The third kappa shape index (κ3) is 9.94. The van der Waals surface area contributed by atoms with Crippen molar-refractivity contribution in [2.45, 2.75) is 78.8 Å². The maximum absolute atomic E-state index is 12.5. The summed E-state index contributed by atoms with van der Waals surface area (Å²) in [5.74, 6) is -0.987. The van der Waals surface area contributed by atoms with Gasteiger partial charge in [0, 0.05) is 0 Å². The zero-order valence-corrected chi connectivity index (χ0v) is 16.2. The molecule has 25 heavy (non-hydrogen) atoms. The van der Waals surface area contributed by atoms with Gasteiger partial charge in [0.05, 0.1) is 13.2 Å². The minimum atomic E-state index is -0.770. The lowest BCUT2D eigenvalue weighted by atomic mass is 9.98. The van der Waals surface area contributed by atoms with E-state index in [1.54, 1.807) is 6.92 Å². The predicted molar refractivity (Wildman–Crippen MR) is 96.1 cm³/mol. The molecular weight excluding hydrogens is 324 g/mol. The van der Waals surface area contributed by atoms with Gasteiger partial charge in [-0.2, -0.15) is 0 Å². The molecule has 0 heterocycles. The summed E-state index contributed by atoms with van der Waals surface area (Å²) in [4.78, 5) is 36.2. The number of alkyl carbamates (subject to hydrolysis) is 1. The number of amides is 2. The Morgan fingerprint density at radius 1 is 0.880 bits per heavy atom. The summed E-state index contributed by atoms with van der Waals surface area (Å²) in [7, 11) is 0. The van der Waals surface area contributed by atoms with Crippen molar-refractivity contribution in [3.8, 4) is 0 Å². The third-order valence-electron chi connectivity index (χ3n) is 3.95. The maximum Gasteiger partial charge on any atom is 0.407 e. The summed E-state index contributed by atoms with van der Waals surface area (Å²) < 4.78 is 10.1. The van der Waals surface area contributed by atoms with Gasteiger partial charge in [-0.3, -0.25) is 4.79 Å². The second-order valence-electron chi connectivity index (χ2n) is 6.25. The SMILES string of the molecule is CCCCOC(=O)NC(C(=O)NC(C)C(=O)OCCCC)C(C)CC. The number of unbranched alkanes of at least 4 members (excludes halogenated alkanes) is 2. The van der Waals surface area contributed by atoms with Gasteiger partial charge in [0.15, 0.2) is 0 Å². The molecule has 0 rings (SSSR count). The second-order valence-corrected chi connectivity index (χ2v) is 6.25. The van der Waals surface area contributed by atoms with Crippen molar-refractivity contribution < 1.29 is 23.9 Å². The molecule has 146 valence electrons. The Labute approximate surface area is 151 Å².